The zero-order valence-corrected chi connectivity index (χ0v) is 11.9. The molecule has 0 saturated carbocycles. The Bertz CT molecular complexity index is 663. The first kappa shape index (κ1) is 12.7. The number of carbonyl (C=O) groups excluding carboxylic acids is 1. The lowest BCUT2D eigenvalue weighted by Crippen LogP contribution is -2.52. The van der Waals surface area contributed by atoms with Crippen molar-refractivity contribution in [3.8, 4) is 5.75 Å². The Balaban J connectivity index is 2.11. The van der Waals surface area contributed by atoms with Gasteiger partial charge in [-0.05, 0) is 26.0 Å². The normalized spacial score (nSPS) is 21.4. The molecule has 1 aliphatic rings. The van der Waals surface area contributed by atoms with Gasteiger partial charge in [0, 0.05) is 12.6 Å². The van der Waals surface area contributed by atoms with Crippen molar-refractivity contribution in [1.29, 1.82) is 0 Å². The number of nitrogens with zero attached hydrogens (tertiary/aromatic N) is 1. The molecule has 1 amide bonds. The van der Waals surface area contributed by atoms with Crippen molar-refractivity contribution < 1.29 is 9.53 Å². The second kappa shape index (κ2) is 4.37. The molecule has 1 heterocycles. The monoisotopic (exact) mass is 267 g/mol. The maximum atomic E-state index is 12.5. The van der Waals surface area contributed by atoms with Gasteiger partial charge in [0.25, 0.3) is 5.91 Å². The summed E-state index contributed by atoms with van der Waals surface area (Å²) in [6, 6.07) is 15.4. The number of fused-ring (bicyclic) bond motifs is 1. The van der Waals surface area contributed by atoms with E-state index in [1.807, 2.05) is 56.3 Å². The lowest BCUT2D eigenvalue weighted by molar-refractivity contribution is -0.0556. The molecule has 0 bridgehead atoms. The van der Waals surface area contributed by atoms with Gasteiger partial charge in [0.1, 0.15) is 5.75 Å². The minimum atomic E-state index is -0.779. The Kier molecular flexibility index (Phi) is 2.78. The number of carbonyl (C=O) groups is 1. The van der Waals surface area contributed by atoms with E-state index in [4.69, 9.17) is 4.74 Å². The Morgan fingerprint density at radius 3 is 2.40 bits per heavy atom. The third kappa shape index (κ3) is 1.78. The van der Waals surface area contributed by atoms with E-state index < -0.39 is 5.72 Å². The molecule has 102 valence electrons. The molecule has 0 fully saturated rings. The van der Waals surface area contributed by atoms with Gasteiger partial charge >= 0.3 is 0 Å². The Morgan fingerprint density at radius 1 is 1.05 bits per heavy atom. The zero-order chi connectivity index (χ0) is 14.3. The van der Waals surface area contributed by atoms with Crippen molar-refractivity contribution >= 4 is 5.91 Å². The molecular formula is C17H17NO2. The molecular weight excluding hydrogens is 250 g/mol. The van der Waals surface area contributed by atoms with Crippen LogP contribution in [0.15, 0.2) is 48.5 Å². The van der Waals surface area contributed by atoms with Crippen molar-refractivity contribution in [3.05, 3.63) is 65.2 Å². The maximum Gasteiger partial charge on any atom is 0.260 e. The standard InChI is InChI=1S/C17H17NO2/c1-12-8-10-13(11-9-12)17(2)18(3)16(19)14-6-4-5-7-15(14)20-17/h4-11H,1-3H3. The molecule has 1 aliphatic heterocycles. The first-order chi connectivity index (χ1) is 9.52. The number of hydrogen-bond acceptors (Lipinski definition) is 2. The maximum absolute atomic E-state index is 12.5. The number of amides is 1. The van der Waals surface area contributed by atoms with E-state index in [9.17, 15) is 4.79 Å². The average Bonchev–Trinajstić information content (AvgIpc) is 2.46. The van der Waals surface area contributed by atoms with Gasteiger partial charge in [-0.25, -0.2) is 0 Å². The Labute approximate surface area is 118 Å². The SMILES string of the molecule is Cc1ccc(C2(C)Oc3ccccc3C(=O)N2C)cc1. The smallest absolute Gasteiger partial charge is 0.260 e. The fourth-order valence-electron chi connectivity index (χ4n) is 2.50. The van der Waals surface area contributed by atoms with E-state index in [0.717, 1.165) is 5.56 Å². The molecule has 0 radical (unpaired) electrons. The van der Waals surface area contributed by atoms with Gasteiger partial charge in [-0.3, -0.25) is 9.69 Å². The lowest BCUT2D eigenvalue weighted by Gasteiger charge is -2.43. The molecule has 0 aromatic heterocycles. The van der Waals surface area contributed by atoms with Crippen LogP contribution >= 0.6 is 0 Å². The van der Waals surface area contributed by atoms with Crippen molar-refractivity contribution in [1.82, 2.24) is 4.90 Å². The van der Waals surface area contributed by atoms with Crippen molar-refractivity contribution in [2.75, 3.05) is 7.05 Å². The zero-order valence-electron chi connectivity index (χ0n) is 11.9. The summed E-state index contributed by atoms with van der Waals surface area (Å²) in [4.78, 5) is 14.2. The van der Waals surface area contributed by atoms with Crippen LogP contribution in [0.2, 0.25) is 0 Å². The topological polar surface area (TPSA) is 29.5 Å². The second-order valence-electron chi connectivity index (χ2n) is 5.31. The van der Waals surface area contributed by atoms with E-state index >= 15 is 0 Å². The van der Waals surface area contributed by atoms with Crippen molar-refractivity contribution in [2.24, 2.45) is 0 Å². The summed E-state index contributed by atoms with van der Waals surface area (Å²) in [6.07, 6.45) is 0. The lowest BCUT2D eigenvalue weighted by atomic mass is 9.98. The highest BCUT2D eigenvalue weighted by atomic mass is 16.5. The van der Waals surface area contributed by atoms with E-state index in [2.05, 4.69) is 0 Å². The molecule has 0 saturated heterocycles. The summed E-state index contributed by atoms with van der Waals surface area (Å²) in [6.45, 7) is 3.96. The summed E-state index contributed by atoms with van der Waals surface area (Å²) >= 11 is 0. The van der Waals surface area contributed by atoms with Gasteiger partial charge in [-0.1, -0.05) is 42.0 Å². The summed E-state index contributed by atoms with van der Waals surface area (Å²) in [5.74, 6) is 0.619. The van der Waals surface area contributed by atoms with Crippen LogP contribution in [-0.4, -0.2) is 17.9 Å². The van der Waals surface area contributed by atoms with Crippen LogP contribution in [0.4, 0.5) is 0 Å². The van der Waals surface area contributed by atoms with Crippen LogP contribution in [0.3, 0.4) is 0 Å². The first-order valence-corrected chi connectivity index (χ1v) is 6.66. The molecule has 1 unspecified atom stereocenters. The number of para-hydroxylation sites is 1. The van der Waals surface area contributed by atoms with Gasteiger partial charge in [0.15, 0.2) is 0 Å². The van der Waals surface area contributed by atoms with Crippen LogP contribution in [0.25, 0.3) is 0 Å². The first-order valence-electron chi connectivity index (χ1n) is 6.66. The third-order valence-electron chi connectivity index (χ3n) is 3.96. The van der Waals surface area contributed by atoms with Crippen LogP contribution in [-0.2, 0) is 5.72 Å². The van der Waals surface area contributed by atoms with E-state index in [-0.39, 0.29) is 5.91 Å². The summed E-state index contributed by atoms with van der Waals surface area (Å²) < 4.78 is 6.13. The summed E-state index contributed by atoms with van der Waals surface area (Å²) in [5, 5.41) is 0. The minimum absolute atomic E-state index is 0.0186. The molecule has 3 heteroatoms. The van der Waals surface area contributed by atoms with Crippen LogP contribution in [0, 0.1) is 6.92 Å². The molecule has 0 N–H and O–H groups in total. The molecule has 3 nitrogen and oxygen atoms in total. The predicted octanol–water partition coefficient (Wildman–Crippen LogP) is 3.33. The molecule has 2 aromatic carbocycles. The van der Waals surface area contributed by atoms with Gasteiger partial charge in [-0.2, -0.15) is 0 Å². The summed E-state index contributed by atoms with van der Waals surface area (Å²) in [5.41, 5.74) is 1.98. The van der Waals surface area contributed by atoms with Crippen LogP contribution in [0.1, 0.15) is 28.4 Å². The highest BCUT2D eigenvalue weighted by Gasteiger charge is 2.42. The van der Waals surface area contributed by atoms with E-state index in [1.54, 1.807) is 18.0 Å². The Hall–Kier alpha value is -2.29. The van der Waals surface area contributed by atoms with Gasteiger partial charge in [0.2, 0.25) is 5.72 Å². The molecule has 3 rings (SSSR count). The fraction of sp³-hybridized carbons (Fsp3) is 0.235. The fourth-order valence-corrected chi connectivity index (χ4v) is 2.50. The van der Waals surface area contributed by atoms with Gasteiger partial charge in [0.05, 0.1) is 5.56 Å². The Morgan fingerprint density at radius 2 is 1.70 bits per heavy atom. The number of rotatable bonds is 1. The van der Waals surface area contributed by atoms with E-state index in [1.165, 1.54) is 5.56 Å². The van der Waals surface area contributed by atoms with Gasteiger partial charge in [-0.15, -0.1) is 0 Å². The molecule has 2 aromatic rings. The predicted molar refractivity (Wildman–Crippen MR) is 77.7 cm³/mol. The number of benzene rings is 2. The highest BCUT2D eigenvalue weighted by Crippen LogP contribution is 2.38. The second-order valence-corrected chi connectivity index (χ2v) is 5.31. The summed E-state index contributed by atoms with van der Waals surface area (Å²) in [7, 11) is 1.78. The van der Waals surface area contributed by atoms with Crippen molar-refractivity contribution in [2.45, 2.75) is 19.6 Å². The largest absolute Gasteiger partial charge is 0.463 e. The third-order valence-corrected chi connectivity index (χ3v) is 3.96. The van der Waals surface area contributed by atoms with Crippen molar-refractivity contribution in [3.63, 3.8) is 0 Å². The number of ether oxygens (including phenoxy) is 1. The highest BCUT2D eigenvalue weighted by molar-refractivity contribution is 5.98. The molecule has 1 atom stereocenters. The molecule has 20 heavy (non-hydrogen) atoms. The molecule has 0 spiro atoms. The van der Waals surface area contributed by atoms with Crippen LogP contribution < -0.4 is 4.74 Å². The van der Waals surface area contributed by atoms with E-state index in [0.29, 0.717) is 11.3 Å². The quantitative estimate of drug-likeness (QED) is 0.793. The number of aryl methyl sites for hydroxylation is 1. The number of hydrogen-bond donors (Lipinski definition) is 0. The average molecular weight is 267 g/mol. The van der Waals surface area contributed by atoms with Crippen LogP contribution in [0.5, 0.6) is 5.75 Å². The molecule has 0 aliphatic carbocycles. The van der Waals surface area contributed by atoms with Gasteiger partial charge < -0.3 is 4.74 Å². The minimum Gasteiger partial charge on any atom is -0.463 e.